The first-order valence-corrected chi connectivity index (χ1v) is 6.50. The van der Waals surface area contributed by atoms with Crippen LogP contribution in [0.5, 0.6) is 11.5 Å². The lowest BCUT2D eigenvalue weighted by atomic mass is 10.2. The summed E-state index contributed by atoms with van der Waals surface area (Å²) in [5.41, 5.74) is 3.10. The molecule has 21 heavy (non-hydrogen) atoms. The summed E-state index contributed by atoms with van der Waals surface area (Å²) in [5.74, 6) is 0.351. The summed E-state index contributed by atoms with van der Waals surface area (Å²) < 4.78 is 5.26. The number of hydrogen-bond donors (Lipinski definition) is 2. The van der Waals surface area contributed by atoms with Crippen LogP contribution < -0.4 is 10.2 Å². The summed E-state index contributed by atoms with van der Waals surface area (Å²) in [7, 11) is 0. The van der Waals surface area contributed by atoms with Gasteiger partial charge in [-0.1, -0.05) is 11.6 Å². The van der Waals surface area contributed by atoms with E-state index < -0.39 is 0 Å². The number of halogens is 1. The van der Waals surface area contributed by atoms with E-state index in [9.17, 15) is 4.79 Å². The molecule has 0 aliphatic heterocycles. The van der Waals surface area contributed by atoms with Crippen LogP contribution in [0.3, 0.4) is 0 Å². The third kappa shape index (κ3) is 5.16. The van der Waals surface area contributed by atoms with Gasteiger partial charge >= 0.3 is 0 Å². The lowest BCUT2D eigenvalue weighted by Gasteiger charge is -2.04. The number of hydrazone groups is 1. The fourth-order valence-corrected chi connectivity index (χ4v) is 1.58. The van der Waals surface area contributed by atoms with Crippen LogP contribution in [0.4, 0.5) is 0 Å². The highest BCUT2D eigenvalue weighted by Gasteiger charge is 2.01. The number of rotatable bonds is 5. The molecule has 0 saturated heterocycles. The van der Waals surface area contributed by atoms with Crippen LogP contribution in [-0.4, -0.2) is 23.8 Å². The van der Waals surface area contributed by atoms with E-state index in [1.165, 1.54) is 18.3 Å². The Hall–Kier alpha value is -2.53. The van der Waals surface area contributed by atoms with Crippen LogP contribution in [0.2, 0.25) is 5.02 Å². The minimum absolute atomic E-state index is 0.144. The van der Waals surface area contributed by atoms with Gasteiger partial charge < -0.3 is 9.84 Å². The zero-order valence-electron chi connectivity index (χ0n) is 11.0. The summed E-state index contributed by atoms with van der Waals surface area (Å²) in [6.07, 6.45) is 1.47. The van der Waals surface area contributed by atoms with E-state index >= 15 is 0 Å². The average Bonchev–Trinajstić information content (AvgIpc) is 2.49. The van der Waals surface area contributed by atoms with Gasteiger partial charge in [-0.2, -0.15) is 5.10 Å². The molecule has 0 heterocycles. The lowest BCUT2D eigenvalue weighted by Crippen LogP contribution is -2.24. The van der Waals surface area contributed by atoms with Gasteiger partial charge in [-0.25, -0.2) is 5.43 Å². The first-order chi connectivity index (χ1) is 10.1. The fourth-order valence-electron chi connectivity index (χ4n) is 1.45. The Morgan fingerprint density at radius 3 is 2.52 bits per heavy atom. The molecule has 6 heteroatoms. The largest absolute Gasteiger partial charge is 0.508 e. The molecule has 0 radical (unpaired) electrons. The molecule has 0 aliphatic rings. The van der Waals surface area contributed by atoms with E-state index in [2.05, 4.69) is 10.5 Å². The highest BCUT2D eigenvalue weighted by molar-refractivity contribution is 6.30. The number of benzene rings is 2. The zero-order chi connectivity index (χ0) is 15.1. The van der Waals surface area contributed by atoms with Crippen molar-refractivity contribution in [3.63, 3.8) is 0 Å². The summed E-state index contributed by atoms with van der Waals surface area (Å²) >= 11 is 5.74. The van der Waals surface area contributed by atoms with Crippen LogP contribution in [0.25, 0.3) is 0 Å². The average molecular weight is 305 g/mol. The number of hydrogen-bond acceptors (Lipinski definition) is 4. The topological polar surface area (TPSA) is 70.9 Å². The van der Waals surface area contributed by atoms with Gasteiger partial charge in [0, 0.05) is 5.02 Å². The second kappa shape index (κ2) is 7.31. The molecule has 2 aromatic rings. The van der Waals surface area contributed by atoms with Crippen molar-refractivity contribution in [3.05, 3.63) is 59.1 Å². The molecule has 0 aromatic heterocycles. The molecule has 2 N–H and O–H groups in total. The molecule has 0 saturated carbocycles. The first-order valence-electron chi connectivity index (χ1n) is 6.13. The third-order valence-electron chi connectivity index (χ3n) is 2.48. The number of ether oxygens (including phenoxy) is 1. The van der Waals surface area contributed by atoms with Gasteiger partial charge in [0.15, 0.2) is 6.61 Å². The molecule has 0 spiro atoms. The molecule has 0 unspecified atom stereocenters. The van der Waals surface area contributed by atoms with E-state index in [0.717, 1.165) is 5.56 Å². The lowest BCUT2D eigenvalue weighted by molar-refractivity contribution is -0.123. The molecule has 108 valence electrons. The van der Waals surface area contributed by atoms with Crippen molar-refractivity contribution in [3.8, 4) is 11.5 Å². The first kappa shape index (κ1) is 14.9. The van der Waals surface area contributed by atoms with Gasteiger partial charge in [0.2, 0.25) is 0 Å². The van der Waals surface area contributed by atoms with Gasteiger partial charge in [0.05, 0.1) is 6.21 Å². The smallest absolute Gasteiger partial charge is 0.277 e. The van der Waals surface area contributed by atoms with Gasteiger partial charge in [0.1, 0.15) is 11.5 Å². The molecule has 0 bridgehead atoms. The number of aromatic hydroxyl groups is 1. The van der Waals surface area contributed by atoms with Crippen molar-refractivity contribution in [1.82, 2.24) is 5.43 Å². The normalized spacial score (nSPS) is 10.5. The van der Waals surface area contributed by atoms with Crippen molar-refractivity contribution in [2.24, 2.45) is 5.10 Å². The summed E-state index contributed by atoms with van der Waals surface area (Å²) in [4.78, 5) is 11.5. The number of phenolic OH excluding ortho intramolecular Hbond substituents is 1. The Morgan fingerprint density at radius 2 is 1.86 bits per heavy atom. The van der Waals surface area contributed by atoms with Crippen molar-refractivity contribution >= 4 is 23.7 Å². The van der Waals surface area contributed by atoms with Crippen molar-refractivity contribution in [1.29, 1.82) is 0 Å². The molecule has 0 aliphatic carbocycles. The second-order valence-corrected chi connectivity index (χ2v) is 4.56. The standard InChI is InChI=1S/C15H13ClN2O3/c16-12-3-7-14(8-4-12)21-10-15(20)18-17-9-11-1-5-13(19)6-2-11/h1-9,19H,10H2,(H,18,20). The van der Waals surface area contributed by atoms with E-state index in [-0.39, 0.29) is 18.3 Å². The van der Waals surface area contributed by atoms with Gasteiger partial charge in [-0.3, -0.25) is 4.79 Å². The number of carbonyl (C=O) groups is 1. The maximum Gasteiger partial charge on any atom is 0.277 e. The van der Waals surface area contributed by atoms with E-state index in [1.54, 1.807) is 36.4 Å². The van der Waals surface area contributed by atoms with Crippen molar-refractivity contribution < 1.29 is 14.6 Å². The molecular formula is C15H13ClN2O3. The van der Waals surface area contributed by atoms with E-state index in [4.69, 9.17) is 21.4 Å². The number of nitrogens with zero attached hydrogens (tertiary/aromatic N) is 1. The molecule has 2 rings (SSSR count). The van der Waals surface area contributed by atoms with Crippen LogP contribution >= 0.6 is 11.6 Å². The predicted octanol–water partition coefficient (Wildman–Crippen LogP) is 2.57. The maximum atomic E-state index is 11.5. The second-order valence-electron chi connectivity index (χ2n) is 4.13. The minimum Gasteiger partial charge on any atom is -0.508 e. The zero-order valence-corrected chi connectivity index (χ0v) is 11.7. The number of phenols is 1. The summed E-state index contributed by atoms with van der Waals surface area (Å²) in [5, 5.41) is 13.5. The van der Waals surface area contributed by atoms with Crippen LogP contribution in [0, 0.1) is 0 Å². The third-order valence-corrected chi connectivity index (χ3v) is 2.73. The van der Waals surface area contributed by atoms with E-state index in [1.807, 2.05) is 0 Å². The van der Waals surface area contributed by atoms with Crippen molar-refractivity contribution in [2.45, 2.75) is 0 Å². The molecule has 2 aromatic carbocycles. The Bertz CT molecular complexity index is 624. The monoisotopic (exact) mass is 304 g/mol. The summed E-state index contributed by atoms with van der Waals surface area (Å²) in [6, 6.07) is 13.1. The SMILES string of the molecule is O=C(COc1ccc(Cl)cc1)NN=Cc1ccc(O)cc1. The Kier molecular flexibility index (Phi) is 5.17. The highest BCUT2D eigenvalue weighted by Crippen LogP contribution is 2.15. The minimum atomic E-state index is -0.375. The van der Waals surface area contributed by atoms with Crippen molar-refractivity contribution in [2.75, 3.05) is 6.61 Å². The maximum absolute atomic E-state index is 11.5. The molecule has 1 amide bonds. The van der Waals surface area contributed by atoms with Crippen LogP contribution in [0.1, 0.15) is 5.56 Å². The predicted molar refractivity (Wildman–Crippen MR) is 80.8 cm³/mol. The van der Waals surface area contributed by atoms with Gasteiger partial charge in [0.25, 0.3) is 5.91 Å². The van der Waals surface area contributed by atoms with Crippen LogP contribution in [-0.2, 0) is 4.79 Å². The van der Waals surface area contributed by atoms with Crippen LogP contribution in [0.15, 0.2) is 53.6 Å². The molecule has 0 fully saturated rings. The fraction of sp³-hybridized carbons (Fsp3) is 0.0667. The summed E-state index contributed by atoms with van der Waals surface area (Å²) in [6.45, 7) is -0.144. The molecular weight excluding hydrogens is 292 g/mol. The quantitative estimate of drug-likeness (QED) is 0.659. The molecule has 5 nitrogen and oxygen atoms in total. The van der Waals surface area contributed by atoms with E-state index in [0.29, 0.717) is 10.8 Å². The Labute approximate surface area is 126 Å². The number of carbonyl (C=O) groups excluding carboxylic acids is 1. The van der Waals surface area contributed by atoms with Gasteiger partial charge in [-0.05, 0) is 54.1 Å². The van der Waals surface area contributed by atoms with Gasteiger partial charge in [-0.15, -0.1) is 0 Å². The molecule has 0 atom stereocenters. The Morgan fingerprint density at radius 1 is 1.19 bits per heavy atom. The highest BCUT2D eigenvalue weighted by atomic mass is 35.5. The number of amides is 1. The number of nitrogens with one attached hydrogen (secondary N) is 1. The Balaban J connectivity index is 1.77.